The first-order valence-electron chi connectivity index (χ1n) is 7.10. The minimum Gasteiger partial charge on any atom is -0.395 e. The number of aliphatic hydroxyl groups excluding tert-OH is 1. The first kappa shape index (κ1) is 15.3. The van der Waals surface area contributed by atoms with Crippen molar-refractivity contribution in [3.8, 4) is 11.8 Å². The summed E-state index contributed by atoms with van der Waals surface area (Å²) in [7, 11) is 0. The van der Waals surface area contributed by atoms with Crippen LogP contribution in [0.1, 0.15) is 43.9 Å². The number of benzene rings is 1. The monoisotopic (exact) mass is 285 g/mol. The molecule has 1 aromatic carbocycles. The lowest BCUT2D eigenvalue weighted by molar-refractivity contribution is -0.141. The topological polar surface area (TPSA) is 57.6 Å². The van der Waals surface area contributed by atoms with Crippen molar-refractivity contribution in [3.05, 3.63) is 35.4 Å². The first-order chi connectivity index (χ1) is 10.0. The number of likely N-dealkylation sites (tertiary alicyclic amines) is 1. The fourth-order valence-corrected chi connectivity index (χ4v) is 2.46. The average molecular weight is 285 g/mol. The highest BCUT2D eigenvalue weighted by Crippen LogP contribution is 2.29. The smallest absolute Gasteiger partial charge is 0.233 e. The lowest BCUT2D eigenvalue weighted by Crippen LogP contribution is -2.33. The molecule has 110 valence electrons. The Morgan fingerprint density at radius 2 is 2.19 bits per heavy atom. The summed E-state index contributed by atoms with van der Waals surface area (Å²) in [5.74, 6) is 5.38. The van der Waals surface area contributed by atoms with Crippen molar-refractivity contribution >= 4 is 11.8 Å². The van der Waals surface area contributed by atoms with Crippen LogP contribution in [0.5, 0.6) is 0 Å². The number of carbonyl (C=O) groups is 2. The number of imide groups is 1. The Morgan fingerprint density at radius 3 is 2.81 bits per heavy atom. The van der Waals surface area contributed by atoms with Crippen LogP contribution in [-0.4, -0.2) is 28.4 Å². The zero-order chi connectivity index (χ0) is 15.4. The Hall–Kier alpha value is -2.12. The van der Waals surface area contributed by atoms with Crippen molar-refractivity contribution in [2.45, 2.75) is 32.7 Å². The van der Waals surface area contributed by atoms with E-state index in [9.17, 15) is 9.59 Å². The van der Waals surface area contributed by atoms with Crippen LogP contribution < -0.4 is 0 Å². The maximum atomic E-state index is 12.1. The SMILES string of the molecule is CC1CC(=O)N(C(C)c2cccc(C#CCCO)c2)C1=O. The molecule has 1 N–H and O–H groups in total. The molecular formula is C17H19NO3. The van der Waals surface area contributed by atoms with Gasteiger partial charge in [-0.05, 0) is 24.6 Å². The van der Waals surface area contributed by atoms with Gasteiger partial charge in [-0.1, -0.05) is 30.9 Å². The maximum Gasteiger partial charge on any atom is 0.233 e. The number of nitrogens with zero attached hydrogens (tertiary/aromatic N) is 1. The Kier molecular flexibility index (Phi) is 4.77. The highest BCUT2D eigenvalue weighted by Gasteiger charge is 2.38. The Bertz CT molecular complexity index is 612. The molecule has 1 aromatic rings. The number of carbonyl (C=O) groups excluding carboxylic acids is 2. The van der Waals surface area contributed by atoms with E-state index in [1.165, 1.54) is 4.90 Å². The van der Waals surface area contributed by atoms with Crippen molar-refractivity contribution in [3.63, 3.8) is 0 Å². The van der Waals surface area contributed by atoms with Gasteiger partial charge in [0.2, 0.25) is 11.8 Å². The van der Waals surface area contributed by atoms with E-state index in [0.29, 0.717) is 12.8 Å². The lowest BCUT2D eigenvalue weighted by atomic mass is 10.0. The molecule has 2 unspecified atom stereocenters. The molecule has 2 atom stereocenters. The van der Waals surface area contributed by atoms with E-state index in [1.807, 2.05) is 31.2 Å². The van der Waals surface area contributed by atoms with Gasteiger partial charge in [-0.2, -0.15) is 0 Å². The Balaban J connectivity index is 2.22. The van der Waals surface area contributed by atoms with Crippen LogP contribution in [0.15, 0.2) is 24.3 Å². The minimum absolute atomic E-state index is 0.0394. The number of rotatable bonds is 3. The second-order valence-electron chi connectivity index (χ2n) is 5.28. The molecule has 2 rings (SSSR count). The Labute approximate surface area is 124 Å². The summed E-state index contributed by atoms with van der Waals surface area (Å²) in [6, 6.07) is 7.24. The van der Waals surface area contributed by atoms with Crippen molar-refractivity contribution < 1.29 is 14.7 Å². The van der Waals surface area contributed by atoms with Gasteiger partial charge in [-0.25, -0.2) is 0 Å². The van der Waals surface area contributed by atoms with E-state index in [2.05, 4.69) is 11.8 Å². The molecule has 1 fully saturated rings. The predicted molar refractivity (Wildman–Crippen MR) is 79.1 cm³/mol. The average Bonchev–Trinajstić information content (AvgIpc) is 2.72. The number of aliphatic hydroxyl groups is 1. The van der Waals surface area contributed by atoms with Crippen LogP contribution >= 0.6 is 0 Å². The van der Waals surface area contributed by atoms with Crippen LogP contribution in [0.4, 0.5) is 0 Å². The van der Waals surface area contributed by atoms with Gasteiger partial charge >= 0.3 is 0 Å². The van der Waals surface area contributed by atoms with E-state index >= 15 is 0 Å². The molecule has 0 saturated carbocycles. The molecule has 0 aliphatic carbocycles. The summed E-state index contributed by atoms with van der Waals surface area (Å²) in [5.41, 5.74) is 1.71. The van der Waals surface area contributed by atoms with E-state index < -0.39 is 0 Å². The molecule has 2 amide bonds. The van der Waals surface area contributed by atoms with Gasteiger partial charge in [-0.3, -0.25) is 14.5 Å². The van der Waals surface area contributed by atoms with Crippen LogP contribution in [0.2, 0.25) is 0 Å². The summed E-state index contributed by atoms with van der Waals surface area (Å²) in [5, 5.41) is 8.73. The van der Waals surface area contributed by atoms with Crippen molar-refractivity contribution in [2.75, 3.05) is 6.61 Å². The van der Waals surface area contributed by atoms with Crippen LogP contribution in [0.3, 0.4) is 0 Å². The van der Waals surface area contributed by atoms with Gasteiger partial charge in [0.15, 0.2) is 0 Å². The zero-order valence-corrected chi connectivity index (χ0v) is 12.3. The van der Waals surface area contributed by atoms with Crippen molar-refractivity contribution in [1.29, 1.82) is 0 Å². The first-order valence-corrected chi connectivity index (χ1v) is 7.10. The second-order valence-corrected chi connectivity index (χ2v) is 5.28. The number of amides is 2. The predicted octanol–water partition coefficient (Wildman–Crippen LogP) is 1.88. The molecule has 0 aromatic heterocycles. The quantitative estimate of drug-likeness (QED) is 0.681. The maximum absolute atomic E-state index is 12.1. The van der Waals surface area contributed by atoms with Crippen molar-refractivity contribution in [2.24, 2.45) is 5.92 Å². The fraction of sp³-hybridized carbons (Fsp3) is 0.412. The number of hydrogen-bond acceptors (Lipinski definition) is 3. The normalized spacial score (nSPS) is 19.4. The van der Waals surface area contributed by atoms with E-state index in [0.717, 1.165) is 11.1 Å². The summed E-state index contributed by atoms with van der Waals surface area (Å²) < 4.78 is 0. The van der Waals surface area contributed by atoms with Gasteiger partial charge < -0.3 is 5.11 Å². The molecule has 4 heteroatoms. The molecule has 1 aliphatic heterocycles. The van der Waals surface area contributed by atoms with Gasteiger partial charge in [0.1, 0.15) is 0 Å². The molecular weight excluding hydrogens is 266 g/mol. The largest absolute Gasteiger partial charge is 0.395 e. The van der Waals surface area contributed by atoms with Gasteiger partial charge in [0.05, 0.1) is 12.6 Å². The summed E-state index contributed by atoms with van der Waals surface area (Å²) in [6.45, 7) is 3.68. The third-order valence-corrected chi connectivity index (χ3v) is 3.63. The fourth-order valence-electron chi connectivity index (χ4n) is 2.46. The summed E-state index contributed by atoms with van der Waals surface area (Å²) >= 11 is 0. The molecule has 4 nitrogen and oxygen atoms in total. The zero-order valence-electron chi connectivity index (χ0n) is 12.3. The second kappa shape index (κ2) is 6.55. The third-order valence-electron chi connectivity index (χ3n) is 3.63. The van der Waals surface area contributed by atoms with E-state index in [4.69, 9.17) is 5.11 Å². The third kappa shape index (κ3) is 3.32. The van der Waals surface area contributed by atoms with Crippen LogP contribution in [0.25, 0.3) is 0 Å². The standard InChI is InChI=1S/C17H19NO3/c1-12-10-16(20)18(17(12)21)13(2)15-8-5-7-14(11-15)6-3-4-9-19/h5,7-8,11-13,19H,4,9-10H2,1-2H3. The van der Waals surface area contributed by atoms with Gasteiger partial charge in [0, 0.05) is 24.3 Å². The molecule has 1 heterocycles. The molecule has 0 radical (unpaired) electrons. The molecule has 0 bridgehead atoms. The van der Waals surface area contributed by atoms with Gasteiger partial charge in [0.25, 0.3) is 0 Å². The summed E-state index contributed by atoms with van der Waals surface area (Å²) in [4.78, 5) is 25.4. The molecule has 21 heavy (non-hydrogen) atoms. The van der Waals surface area contributed by atoms with Gasteiger partial charge in [-0.15, -0.1) is 0 Å². The van der Waals surface area contributed by atoms with Crippen LogP contribution in [0, 0.1) is 17.8 Å². The Morgan fingerprint density at radius 1 is 1.43 bits per heavy atom. The van der Waals surface area contributed by atoms with E-state index in [-0.39, 0.29) is 30.4 Å². The molecule has 1 aliphatic rings. The molecule has 1 saturated heterocycles. The molecule has 0 spiro atoms. The minimum atomic E-state index is -0.283. The summed E-state index contributed by atoms with van der Waals surface area (Å²) in [6.07, 6.45) is 0.722. The van der Waals surface area contributed by atoms with E-state index in [1.54, 1.807) is 6.92 Å². The van der Waals surface area contributed by atoms with Crippen molar-refractivity contribution in [1.82, 2.24) is 4.90 Å². The van der Waals surface area contributed by atoms with Crippen LogP contribution in [-0.2, 0) is 9.59 Å². The highest BCUT2D eigenvalue weighted by atomic mass is 16.2. The lowest BCUT2D eigenvalue weighted by Gasteiger charge is -2.23. The number of hydrogen-bond donors (Lipinski definition) is 1. The highest BCUT2D eigenvalue weighted by molar-refractivity contribution is 6.03.